The number of ether oxygens (including phenoxy) is 1. The molecule has 1 aromatic carbocycles. The molecular weight excluding hydrogens is 458 g/mol. The van der Waals surface area contributed by atoms with Crippen LogP contribution in [0.2, 0.25) is 0 Å². The maximum Gasteiger partial charge on any atom is 0.226 e. The molecule has 0 radical (unpaired) electrons. The lowest BCUT2D eigenvalue weighted by Gasteiger charge is -2.37. The lowest BCUT2D eigenvalue weighted by atomic mass is 9.83. The highest BCUT2D eigenvalue weighted by atomic mass is 32.1. The zero-order chi connectivity index (χ0) is 24.0. The van der Waals surface area contributed by atoms with Crippen LogP contribution in [0.1, 0.15) is 32.3 Å². The molecule has 0 spiro atoms. The Morgan fingerprint density at radius 2 is 1.91 bits per heavy atom. The Morgan fingerprint density at radius 3 is 2.69 bits per heavy atom. The van der Waals surface area contributed by atoms with Gasteiger partial charge in [0.25, 0.3) is 0 Å². The summed E-state index contributed by atoms with van der Waals surface area (Å²) in [5, 5.41) is 13.9. The van der Waals surface area contributed by atoms with Crippen LogP contribution >= 0.6 is 11.3 Å². The third kappa shape index (κ3) is 4.44. The number of hydrogen-bond donors (Lipinski definition) is 2. The van der Waals surface area contributed by atoms with Crippen molar-refractivity contribution in [2.24, 2.45) is 5.92 Å². The number of benzene rings is 1. The quantitative estimate of drug-likeness (QED) is 0.423. The number of hydrogen-bond acceptors (Lipinski definition) is 7. The Hall–Kier alpha value is -2.52. The summed E-state index contributed by atoms with van der Waals surface area (Å²) in [6.45, 7) is 9.80. The summed E-state index contributed by atoms with van der Waals surface area (Å²) in [7, 11) is 0. The number of piperidine rings is 1. The number of aromatic amines is 1. The largest absolute Gasteiger partial charge is 0.390 e. The first kappa shape index (κ1) is 22.9. The highest BCUT2D eigenvalue weighted by Gasteiger charge is 2.31. The lowest BCUT2D eigenvalue weighted by Crippen LogP contribution is -2.41. The van der Waals surface area contributed by atoms with Crippen molar-refractivity contribution < 1.29 is 9.84 Å². The molecule has 0 aliphatic carbocycles. The monoisotopic (exact) mass is 491 g/mol. The zero-order valence-corrected chi connectivity index (χ0v) is 21.3. The molecule has 2 fully saturated rings. The highest BCUT2D eigenvalue weighted by Crippen LogP contribution is 2.38. The SMILES string of the molecule is CC(C)(O)C1CCN(Cc2csc3c(-c4cccc5[nH]ccc45)nc(N4CCOCC4)nc23)CC1. The lowest BCUT2D eigenvalue weighted by molar-refractivity contribution is -0.0135. The van der Waals surface area contributed by atoms with E-state index in [4.69, 9.17) is 14.7 Å². The van der Waals surface area contributed by atoms with Crippen LogP contribution in [0.25, 0.3) is 32.4 Å². The Kier molecular flexibility index (Phi) is 6.00. The normalized spacial score (nSPS) is 18.7. The van der Waals surface area contributed by atoms with E-state index in [1.54, 1.807) is 11.3 Å². The summed E-state index contributed by atoms with van der Waals surface area (Å²) in [5.74, 6) is 1.16. The topological polar surface area (TPSA) is 77.5 Å². The van der Waals surface area contributed by atoms with Gasteiger partial charge in [-0.2, -0.15) is 0 Å². The molecular formula is C27H33N5O2S. The molecule has 7 nitrogen and oxygen atoms in total. The second kappa shape index (κ2) is 9.17. The fourth-order valence-electron chi connectivity index (χ4n) is 5.48. The minimum absolute atomic E-state index is 0.363. The second-order valence-corrected chi connectivity index (χ2v) is 11.2. The van der Waals surface area contributed by atoms with Crippen LogP contribution < -0.4 is 4.90 Å². The molecule has 2 aliphatic rings. The van der Waals surface area contributed by atoms with Crippen molar-refractivity contribution in [3.05, 3.63) is 41.4 Å². The number of nitrogens with zero attached hydrogens (tertiary/aromatic N) is 4. The van der Waals surface area contributed by atoms with Crippen LogP contribution in [0.3, 0.4) is 0 Å². The molecule has 4 aromatic rings. The molecule has 2 N–H and O–H groups in total. The minimum Gasteiger partial charge on any atom is -0.390 e. The van der Waals surface area contributed by atoms with Gasteiger partial charge in [0.1, 0.15) is 0 Å². The van der Waals surface area contributed by atoms with Crippen molar-refractivity contribution >= 4 is 38.4 Å². The maximum atomic E-state index is 10.4. The molecule has 0 bridgehead atoms. The molecule has 0 amide bonds. The van der Waals surface area contributed by atoms with Crippen LogP contribution in [0, 0.1) is 5.92 Å². The molecule has 184 valence electrons. The van der Waals surface area contributed by atoms with E-state index < -0.39 is 5.60 Å². The van der Waals surface area contributed by atoms with Gasteiger partial charge in [0.15, 0.2) is 0 Å². The Morgan fingerprint density at radius 1 is 1.11 bits per heavy atom. The number of anilines is 1. The zero-order valence-electron chi connectivity index (χ0n) is 20.5. The van der Waals surface area contributed by atoms with E-state index in [0.717, 1.165) is 78.5 Å². The van der Waals surface area contributed by atoms with Gasteiger partial charge in [-0.05, 0) is 63.2 Å². The van der Waals surface area contributed by atoms with Crippen LogP contribution in [0.4, 0.5) is 5.95 Å². The molecule has 0 unspecified atom stereocenters. The molecule has 2 saturated heterocycles. The van der Waals surface area contributed by atoms with Gasteiger partial charge in [0, 0.05) is 47.9 Å². The van der Waals surface area contributed by atoms with Gasteiger partial charge >= 0.3 is 0 Å². The van der Waals surface area contributed by atoms with Crippen molar-refractivity contribution in [3.63, 3.8) is 0 Å². The van der Waals surface area contributed by atoms with Gasteiger partial charge in [-0.25, -0.2) is 9.97 Å². The number of morpholine rings is 1. The second-order valence-electron chi connectivity index (χ2n) is 10.4. The number of thiophene rings is 1. The van der Waals surface area contributed by atoms with Crippen molar-refractivity contribution in [1.29, 1.82) is 0 Å². The van der Waals surface area contributed by atoms with E-state index in [1.807, 2.05) is 20.0 Å². The number of fused-ring (bicyclic) bond motifs is 2. The summed E-state index contributed by atoms with van der Waals surface area (Å²) in [6.07, 6.45) is 4.05. The average Bonchev–Trinajstić information content (AvgIpc) is 3.51. The molecule has 0 atom stereocenters. The third-order valence-electron chi connectivity index (χ3n) is 7.60. The van der Waals surface area contributed by atoms with Gasteiger partial charge in [-0.15, -0.1) is 11.3 Å². The molecule has 2 aliphatic heterocycles. The first-order valence-electron chi connectivity index (χ1n) is 12.6. The van der Waals surface area contributed by atoms with Crippen molar-refractivity contribution in [2.75, 3.05) is 44.3 Å². The third-order valence-corrected chi connectivity index (χ3v) is 8.63. The Bertz CT molecular complexity index is 1330. The fourth-order valence-corrected chi connectivity index (χ4v) is 6.49. The number of aromatic nitrogens is 3. The summed E-state index contributed by atoms with van der Waals surface area (Å²) >= 11 is 1.75. The molecule has 5 heterocycles. The molecule has 35 heavy (non-hydrogen) atoms. The number of nitrogens with one attached hydrogen (secondary N) is 1. The van der Waals surface area contributed by atoms with Crippen molar-refractivity contribution in [3.8, 4) is 11.3 Å². The standard InChI is InChI=1S/C27H33N5O2S/c1-27(2,33)19-7-10-31(11-8-19)16-18-17-35-25-23(18)29-26(32-12-14-34-15-13-32)30-24(25)21-4-3-5-22-20(21)6-9-28-22/h3-6,9,17,19,28,33H,7-8,10-16H2,1-2H3. The van der Waals surface area contributed by atoms with Crippen molar-refractivity contribution in [2.45, 2.75) is 38.8 Å². The smallest absolute Gasteiger partial charge is 0.226 e. The predicted octanol–water partition coefficient (Wildman–Crippen LogP) is 4.66. The average molecular weight is 492 g/mol. The van der Waals surface area contributed by atoms with Gasteiger partial charge in [-0.3, -0.25) is 4.90 Å². The highest BCUT2D eigenvalue weighted by molar-refractivity contribution is 7.17. The van der Waals surface area contributed by atoms with Crippen LogP contribution in [-0.4, -0.2) is 70.0 Å². The summed E-state index contributed by atoms with van der Waals surface area (Å²) in [4.78, 5) is 18.4. The summed E-state index contributed by atoms with van der Waals surface area (Å²) < 4.78 is 6.74. The van der Waals surface area contributed by atoms with Crippen LogP contribution in [0.15, 0.2) is 35.8 Å². The van der Waals surface area contributed by atoms with Gasteiger partial charge < -0.3 is 19.7 Å². The number of rotatable bonds is 5. The molecule has 3 aromatic heterocycles. The Labute approximate surface area is 209 Å². The van der Waals surface area contributed by atoms with E-state index in [2.05, 4.69) is 44.4 Å². The number of H-pyrrole nitrogens is 1. The minimum atomic E-state index is -0.602. The molecule has 0 saturated carbocycles. The summed E-state index contributed by atoms with van der Waals surface area (Å²) in [5.41, 5.74) is 5.01. The summed E-state index contributed by atoms with van der Waals surface area (Å²) in [6, 6.07) is 8.51. The van der Waals surface area contributed by atoms with E-state index >= 15 is 0 Å². The van der Waals surface area contributed by atoms with Gasteiger partial charge in [0.05, 0.1) is 34.7 Å². The first-order chi connectivity index (χ1) is 17.0. The molecule has 8 heteroatoms. The van der Waals surface area contributed by atoms with E-state index in [-0.39, 0.29) is 0 Å². The van der Waals surface area contributed by atoms with Gasteiger partial charge in [0.2, 0.25) is 5.95 Å². The van der Waals surface area contributed by atoms with Gasteiger partial charge in [-0.1, -0.05) is 12.1 Å². The Balaban J connectivity index is 1.39. The van der Waals surface area contributed by atoms with Crippen LogP contribution in [-0.2, 0) is 11.3 Å². The van der Waals surface area contributed by atoms with Crippen LogP contribution in [0.5, 0.6) is 0 Å². The molecule has 6 rings (SSSR count). The maximum absolute atomic E-state index is 10.4. The van der Waals surface area contributed by atoms with Crippen molar-refractivity contribution in [1.82, 2.24) is 19.9 Å². The van der Waals surface area contributed by atoms with E-state index in [0.29, 0.717) is 19.1 Å². The number of aliphatic hydroxyl groups is 1. The van der Waals surface area contributed by atoms with E-state index in [9.17, 15) is 5.11 Å². The predicted molar refractivity (Wildman–Crippen MR) is 142 cm³/mol. The van der Waals surface area contributed by atoms with E-state index in [1.165, 1.54) is 10.9 Å². The fraction of sp³-hybridized carbons (Fsp3) is 0.481. The number of likely N-dealkylation sites (tertiary alicyclic amines) is 1. The first-order valence-corrected chi connectivity index (χ1v) is 13.5.